The summed E-state index contributed by atoms with van der Waals surface area (Å²) in [6.07, 6.45) is 3.60. The number of hydrogen-bond acceptors (Lipinski definition) is 3. The van der Waals surface area contributed by atoms with Crippen molar-refractivity contribution in [3.63, 3.8) is 0 Å². The van der Waals surface area contributed by atoms with Crippen LogP contribution in [0.2, 0.25) is 0 Å². The number of hydrogen-bond donors (Lipinski definition) is 1. The van der Waals surface area contributed by atoms with Gasteiger partial charge >= 0.3 is 0 Å². The molecule has 0 spiro atoms. The minimum atomic E-state index is -0.289. The van der Waals surface area contributed by atoms with Gasteiger partial charge in [-0.15, -0.1) is 0 Å². The van der Waals surface area contributed by atoms with E-state index in [1.54, 1.807) is 24.5 Å². The highest BCUT2D eigenvalue weighted by atomic mass is 79.9. The predicted molar refractivity (Wildman–Crippen MR) is 81.7 cm³/mol. The molecule has 1 aromatic heterocycles. The number of aromatic nitrogens is 2. The second-order valence-corrected chi connectivity index (χ2v) is 5.92. The summed E-state index contributed by atoms with van der Waals surface area (Å²) >= 11 is 3.16. The van der Waals surface area contributed by atoms with Crippen molar-refractivity contribution in [2.24, 2.45) is 5.92 Å². The van der Waals surface area contributed by atoms with E-state index in [2.05, 4.69) is 45.1 Å². The van der Waals surface area contributed by atoms with Crippen LogP contribution in [0.3, 0.4) is 0 Å². The van der Waals surface area contributed by atoms with E-state index in [0.29, 0.717) is 16.2 Å². The molecule has 3 nitrogen and oxygen atoms in total. The Morgan fingerprint density at radius 2 is 1.95 bits per heavy atom. The van der Waals surface area contributed by atoms with Crippen LogP contribution in [-0.2, 0) is 6.54 Å². The molecule has 0 atom stereocenters. The standard InChI is InChI=1S/C15H17BrFN3/c1-10(2)6-18-7-11-8-19-15(20-9-11)12-3-4-14(17)13(16)5-12/h3-5,8-10,18H,6-7H2,1-2H3. The molecule has 1 aromatic carbocycles. The molecule has 0 aliphatic carbocycles. The Morgan fingerprint density at radius 3 is 2.55 bits per heavy atom. The quantitative estimate of drug-likeness (QED) is 0.901. The van der Waals surface area contributed by atoms with Crippen LogP contribution in [0, 0.1) is 11.7 Å². The molecule has 106 valence electrons. The molecule has 0 amide bonds. The molecule has 0 aliphatic rings. The third-order valence-electron chi connectivity index (χ3n) is 2.76. The lowest BCUT2D eigenvalue weighted by Gasteiger charge is -2.07. The van der Waals surface area contributed by atoms with Crippen LogP contribution in [0.1, 0.15) is 19.4 Å². The van der Waals surface area contributed by atoms with Crippen LogP contribution >= 0.6 is 15.9 Å². The molecule has 0 saturated heterocycles. The smallest absolute Gasteiger partial charge is 0.159 e. The first-order valence-corrected chi connectivity index (χ1v) is 7.32. The molecule has 0 radical (unpaired) electrons. The van der Waals surface area contributed by atoms with E-state index in [1.807, 2.05) is 0 Å². The van der Waals surface area contributed by atoms with Gasteiger partial charge in [-0.1, -0.05) is 13.8 Å². The molecule has 1 N–H and O–H groups in total. The molecule has 20 heavy (non-hydrogen) atoms. The molecule has 0 bridgehead atoms. The van der Waals surface area contributed by atoms with Crippen LogP contribution < -0.4 is 5.32 Å². The van der Waals surface area contributed by atoms with Crippen molar-refractivity contribution in [1.82, 2.24) is 15.3 Å². The average molecular weight is 338 g/mol. The van der Waals surface area contributed by atoms with E-state index in [-0.39, 0.29) is 5.82 Å². The summed E-state index contributed by atoms with van der Waals surface area (Å²) in [6, 6.07) is 4.76. The highest BCUT2D eigenvalue weighted by Crippen LogP contribution is 2.22. The molecule has 0 aliphatic heterocycles. The van der Waals surface area contributed by atoms with Crippen molar-refractivity contribution in [1.29, 1.82) is 0 Å². The largest absolute Gasteiger partial charge is 0.312 e. The lowest BCUT2D eigenvalue weighted by Crippen LogP contribution is -2.19. The average Bonchev–Trinajstić information content (AvgIpc) is 2.42. The molecule has 0 saturated carbocycles. The van der Waals surface area contributed by atoms with Crippen LogP contribution in [0.5, 0.6) is 0 Å². The van der Waals surface area contributed by atoms with Gasteiger partial charge in [0.25, 0.3) is 0 Å². The van der Waals surface area contributed by atoms with E-state index in [9.17, 15) is 4.39 Å². The Bertz CT molecular complexity index is 570. The van der Waals surface area contributed by atoms with Crippen molar-refractivity contribution in [3.8, 4) is 11.4 Å². The zero-order chi connectivity index (χ0) is 14.5. The number of nitrogens with one attached hydrogen (secondary N) is 1. The van der Waals surface area contributed by atoms with Gasteiger partial charge < -0.3 is 5.32 Å². The monoisotopic (exact) mass is 337 g/mol. The van der Waals surface area contributed by atoms with E-state index in [0.717, 1.165) is 24.2 Å². The van der Waals surface area contributed by atoms with E-state index in [1.165, 1.54) is 6.07 Å². The highest BCUT2D eigenvalue weighted by molar-refractivity contribution is 9.10. The van der Waals surface area contributed by atoms with E-state index in [4.69, 9.17) is 0 Å². The van der Waals surface area contributed by atoms with Crippen LogP contribution in [-0.4, -0.2) is 16.5 Å². The first-order valence-electron chi connectivity index (χ1n) is 6.53. The molecular formula is C15H17BrFN3. The number of rotatable bonds is 5. The van der Waals surface area contributed by atoms with Crippen molar-refractivity contribution in [3.05, 3.63) is 46.4 Å². The number of halogens is 2. The molecular weight excluding hydrogens is 321 g/mol. The maximum absolute atomic E-state index is 13.2. The fourth-order valence-corrected chi connectivity index (χ4v) is 2.11. The third kappa shape index (κ3) is 4.08. The van der Waals surface area contributed by atoms with Gasteiger partial charge in [-0.05, 0) is 46.6 Å². The molecule has 5 heteroatoms. The molecule has 1 heterocycles. The van der Waals surface area contributed by atoms with Gasteiger partial charge in [0.15, 0.2) is 5.82 Å². The van der Waals surface area contributed by atoms with Gasteiger partial charge in [0, 0.05) is 30.1 Å². The fourth-order valence-electron chi connectivity index (χ4n) is 1.74. The summed E-state index contributed by atoms with van der Waals surface area (Å²) in [4.78, 5) is 8.65. The van der Waals surface area contributed by atoms with E-state index < -0.39 is 0 Å². The molecule has 2 aromatic rings. The highest BCUT2D eigenvalue weighted by Gasteiger charge is 2.05. The Morgan fingerprint density at radius 1 is 1.25 bits per heavy atom. The Balaban J connectivity index is 2.05. The van der Waals surface area contributed by atoms with Gasteiger partial charge in [0.05, 0.1) is 4.47 Å². The van der Waals surface area contributed by atoms with E-state index >= 15 is 0 Å². The van der Waals surface area contributed by atoms with Crippen molar-refractivity contribution in [2.75, 3.05) is 6.54 Å². The second kappa shape index (κ2) is 6.90. The maximum atomic E-state index is 13.2. The Kier molecular flexibility index (Phi) is 5.20. The summed E-state index contributed by atoms with van der Waals surface area (Å²) in [7, 11) is 0. The Hall–Kier alpha value is -1.33. The zero-order valence-electron chi connectivity index (χ0n) is 11.5. The summed E-state index contributed by atoms with van der Waals surface area (Å²) in [5.41, 5.74) is 1.83. The number of benzene rings is 1. The predicted octanol–water partition coefficient (Wildman–Crippen LogP) is 3.79. The normalized spacial score (nSPS) is 11.1. The lowest BCUT2D eigenvalue weighted by atomic mass is 10.2. The van der Waals surface area contributed by atoms with Crippen LogP contribution in [0.25, 0.3) is 11.4 Å². The first-order chi connectivity index (χ1) is 9.56. The summed E-state index contributed by atoms with van der Waals surface area (Å²) in [6.45, 7) is 6.05. The van der Waals surface area contributed by atoms with Crippen molar-refractivity contribution >= 4 is 15.9 Å². The van der Waals surface area contributed by atoms with Gasteiger partial charge in [-0.2, -0.15) is 0 Å². The maximum Gasteiger partial charge on any atom is 0.159 e. The van der Waals surface area contributed by atoms with Crippen molar-refractivity contribution in [2.45, 2.75) is 20.4 Å². The molecule has 0 fully saturated rings. The zero-order valence-corrected chi connectivity index (χ0v) is 13.1. The minimum Gasteiger partial charge on any atom is -0.312 e. The van der Waals surface area contributed by atoms with Gasteiger partial charge in [0.2, 0.25) is 0 Å². The third-order valence-corrected chi connectivity index (χ3v) is 3.37. The molecule has 0 unspecified atom stereocenters. The summed E-state index contributed by atoms with van der Waals surface area (Å²) < 4.78 is 13.6. The number of nitrogens with zero attached hydrogens (tertiary/aromatic N) is 2. The van der Waals surface area contributed by atoms with Gasteiger partial charge in [-0.3, -0.25) is 0 Å². The SMILES string of the molecule is CC(C)CNCc1cnc(-c2ccc(F)c(Br)c2)nc1. The van der Waals surface area contributed by atoms with Crippen LogP contribution in [0.15, 0.2) is 35.1 Å². The fraction of sp³-hybridized carbons (Fsp3) is 0.333. The molecule has 2 rings (SSSR count). The lowest BCUT2D eigenvalue weighted by molar-refractivity contribution is 0.551. The topological polar surface area (TPSA) is 37.8 Å². The minimum absolute atomic E-state index is 0.289. The summed E-state index contributed by atoms with van der Waals surface area (Å²) in [5.74, 6) is 0.924. The second-order valence-electron chi connectivity index (χ2n) is 5.07. The van der Waals surface area contributed by atoms with Gasteiger partial charge in [0.1, 0.15) is 5.82 Å². The van der Waals surface area contributed by atoms with Gasteiger partial charge in [-0.25, -0.2) is 14.4 Å². The van der Waals surface area contributed by atoms with Crippen molar-refractivity contribution < 1.29 is 4.39 Å². The van der Waals surface area contributed by atoms with Crippen LogP contribution in [0.4, 0.5) is 4.39 Å². The first kappa shape index (κ1) is 15.1. The summed E-state index contributed by atoms with van der Waals surface area (Å²) in [5, 5.41) is 3.34. The Labute approximate surface area is 126 Å².